The average molecular weight is 444 g/mol. The minimum Gasteiger partial charge on any atom is -0.451 e. The van der Waals surface area contributed by atoms with Crippen LogP contribution in [0, 0.1) is 17.6 Å². The summed E-state index contributed by atoms with van der Waals surface area (Å²) in [7, 11) is 0. The second-order valence-corrected chi connectivity index (χ2v) is 8.26. The molecule has 8 heteroatoms. The van der Waals surface area contributed by atoms with Gasteiger partial charge >= 0.3 is 5.97 Å². The molecule has 0 unspecified atom stereocenters. The molecular weight excluding hydrogens is 418 g/mol. The van der Waals surface area contributed by atoms with Gasteiger partial charge in [0.15, 0.2) is 6.10 Å². The Bertz CT molecular complexity index is 1020. The van der Waals surface area contributed by atoms with E-state index in [-0.39, 0.29) is 11.9 Å². The van der Waals surface area contributed by atoms with Crippen molar-refractivity contribution in [3.63, 3.8) is 0 Å². The van der Waals surface area contributed by atoms with Gasteiger partial charge in [-0.15, -0.1) is 0 Å². The number of rotatable bonds is 6. The molecule has 2 amide bonds. The second-order valence-electron chi connectivity index (χ2n) is 8.26. The number of ether oxygens (including phenoxy) is 1. The summed E-state index contributed by atoms with van der Waals surface area (Å²) >= 11 is 0. The highest BCUT2D eigenvalue weighted by molar-refractivity contribution is 6.01. The molecule has 32 heavy (non-hydrogen) atoms. The molecule has 1 aliphatic heterocycles. The van der Waals surface area contributed by atoms with Crippen LogP contribution in [-0.4, -0.2) is 36.0 Å². The number of nitrogens with zero attached hydrogens (tertiary/aromatic N) is 1. The van der Waals surface area contributed by atoms with Crippen molar-refractivity contribution < 1.29 is 27.9 Å². The zero-order valence-electron chi connectivity index (χ0n) is 18.4. The fourth-order valence-electron chi connectivity index (χ4n) is 3.82. The number of anilines is 1. The van der Waals surface area contributed by atoms with Crippen LogP contribution in [0.4, 0.5) is 14.5 Å². The van der Waals surface area contributed by atoms with Gasteiger partial charge in [0.25, 0.3) is 11.8 Å². The molecule has 0 fully saturated rings. The molecule has 1 aliphatic rings. The summed E-state index contributed by atoms with van der Waals surface area (Å²) in [5.41, 5.74) is 1.03. The smallest absolute Gasteiger partial charge is 0.329 e. The van der Waals surface area contributed by atoms with Gasteiger partial charge in [-0.05, 0) is 49.9 Å². The van der Waals surface area contributed by atoms with Gasteiger partial charge in [0.05, 0.1) is 0 Å². The van der Waals surface area contributed by atoms with Crippen molar-refractivity contribution in [2.24, 2.45) is 5.92 Å². The number of carbonyl (C=O) groups excluding carboxylic acids is 3. The van der Waals surface area contributed by atoms with E-state index in [1.807, 2.05) is 31.2 Å². The maximum Gasteiger partial charge on any atom is 0.329 e. The van der Waals surface area contributed by atoms with Gasteiger partial charge < -0.3 is 15.0 Å². The fourth-order valence-corrected chi connectivity index (χ4v) is 3.82. The highest BCUT2D eigenvalue weighted by Gasteiger charge is 2.36. The van der Waals surface area contributed by atoms with E-state index in [1.54, 1.807) is 18.7 Å². The van der Waals surface area contributed by atoms with E-state index in [1.165, 1.54) is 6.92 Å². The number of carbonyl (C=O) groups is 3. The van der Waals surface area contributed by atoms with Crippen LogP contribution in [0.2, 0.25) is 0 Å². The summed E-state index contributed by atoms with van der Waals surface area (Å²) in [4.78, 5) is 39.9. The SMILES string of the molecule is CC(C)[C@H](NC(=O)c1c(F)cccc1F)C(=O)O[C@@H](C)C(=O)N1c2ccccc2C[C@@H]1C. The van der Waals surface area contributed by atoms with Gasteiger partial charge in [-0.1, -0.05) is 38.1 Å². The van der Waals surface area contributed by atoms with Crippen molar-refractivity contribution in [2.45, 2.75) is 52.3 Å². The van der Waals surface area contributed by atoms with E-state index in [9.17, 15) is 23.2 Å². The number of hydrogen-bond donors (Lipinski definition) is 1. The van der Waals surface area contributed by atoms with E-state index in [4.69, 9.17) is 4.74 Å². The van der Waals surface area contributed by atoms with Crippen LogP contribution in [0.3, 0.4) is 0 Å². The molecule has 2 aromatic carbocycles. The van der Waals surface area contributed by atoms with Crippen LogP contribution >= 0.6 is 0 Å². The number of fused-ring (bicyclic) bond motifs is 1. The number of amides is 2. The van der Waals surface area contributed by atoms with E-state index >= 15 is 0 Å². The van der Waals surface area contributed by atoms with E-state index in [0.29, 0.717) is 6.42 Å². The Balaban J connectivity index is 1.72. The maximum absolute atomic E-state index is 13.9. The lowest BCUT2D eigenvalue weighted by molar-refractivity contribution is -0.156. The highest BCUT2D eigenvalue weighted by atomic mass is 19.1. The van der Waals surface area contributed by atoms with Gasteiger partial charge in [0.1, 0.15) is 23.2 Å². The molecule has 2 aromatic rings. The van der Waals surface area contributed by atoms with E-state index in [2.05, 4.69) is 5.32 Å². The molecule has 0 saturated carbocycles. The number of benzene rings is 2. The predicted molar refractivity (Wildman–Crippen MR) is 115 cm³/mol. The molecule has 3 atom stereocenters. The van der Waals surface area contributed by atoms with Crippen molar-refractivity contribution in [3.05, 3.63) is 65.2 Å². The summed E-state index contributed by atoms with van der Waals surface area (Å²) in [6.45, 7) is 6.67. The van der Waals surface area contributed by atoms with Gasteiger partial charge in [-0.2, -0.15) is 0 Å². The summed E-state index contributed by atoms with van der Waals surface area (Å²) in [5, 5.41) is 2.33. The number of halogens is 2. The zero-order chi connectivity index (χ0) is 23.6. The third kappa shape index (κ3) is 4.64. The Morgan fingerprint density at radius 3 is 2.28 bits per heavy atom. The van der Waals surface area contributed by atoms with Crippen LogP contribution in [0.1, 0.15) is 43.6 Å². The monoisotopic (exact) mass is 444 g/mol. The number of nitrogens with one attached hydrogen (secondary N) is 1. The first-order valence-electron chi connectivity index (χ1n) is 10.5. The Hall–Kier alpha value is -3.29. The summed E-state index contributed by atoms with van der Waals surface area (Å²) in [6, 6.07) is 9.28. The van der Waals surface area contributed by atoms with Crippen LogP contribution in [0.15, 0.2) is 42.5 Å². The molecule has 0 bridgehead atoms. The minimum atomic E-state index is -1.19. The molecule has 0 aliphatic carbocycles. The van der Waals surface area contributed by atoms with Crippen molar-refractivity contribution in [2.75, 3.05) is 4.90 Å². The summed E-state index contributed by atoms with van der Waals surface area (Å²) in [6.07, 6.45) is -0.416. The lowest BCUT2D eigenvalue weighted by atomic mass is 10.0. The molecule has 0 saturated heterocycles. The number of para-hydroxylation sites is 1. The third-order valence-corrected chi connectivity index (χ3v) is 5.48. The predicted octanol–water partition coefficient (Wildman–Crippen LogP) is 3.63. The average Bonchev–Trinajstić information content (AvgIpc) is 3.06. The molecular formula is C24H26F2N2O4. The summed E-state index contributed by atoms with van der Waals surface area (Å²) in [5.74, 6) is -4.84. The van der Waals surface area contributed by atoms with Crippen LogP contribution in [0.25, 0.3) is 0 Å². The van der Waals surface area contributed by atoms with Crippen molar-refractivity contribution >= 4 is 23.5 Å². The van der Waals surface area contributed by atoms with Crippen molar-refractivity contribution in [3.8, 4) is 0 Å². The molecule has 170 valence electrons. The second kappa shape index (κ2) is 9.46. The lowest BCUT2D eigenvalue weighted by Crippen LogP contribution is -2.49. The van der Waals surface area contributed by atoms with Crippen molar-refractivity contribution in [1.29, 1.82) is 0 Å². The fraction of sp³-hybridized carbons (Fsp3) is 0.375. The molecule has 1 N–H and O–H groups in total. The van der Waals surface area contributed by atoms with Crippen LogP contribution < -0.4 is 10.2 Å². The molecule has 0 aromatic heterocycles. The first-order valence-corrected chi connectivity index (χ1v) is 10.5. The first kappa shape index (κ1) is 23.4. The largest absolute Gasteiger partial charge is 0.451 e. The lowest BCUT2D eigenvalue weighted by Gasteiger charge is -2.28. The Labute approximate surface area is 185 Å². The Morgan fingerprint density at radius 1 is 1.03 bits per heavy atom. The minimum absolute atomic E-state index is 0.0920. The third-order valence-electron chi connectivity index (χ3n) is 5.48. The van der Waals surface area contributed by atoms with E-state index in [0.717, 1.165) is 29.4 Å². The summed E-state index contributed by atoms with van der Waals surface area (Å²) < 4.78 is 33.2. The molecule has 6 nitrogen and oxygen atoms in total. The quantitative estimate of drug-likeness (QED) is 0.691. The van der Waals surface area contributed by atoms with Crippen molar-refractivity contribution in [1.82, 2.24) is 5.32 Å². The van der Waals surface area contributed by atoms with Gasteiger partial charge in [-0.25, -0.2) is 13.6 Å². The van der Waals surface area contributed by atoms with Crippen LogP contribution in [-0.2, 0) is 20.7 Å². The maximum atomic E-state index is 13.9. The molecule has 0 radical (unpaired) electrons. The van der Waals surface area contributed by atoms with Gasteiger partial charge in [0, 0.05) is 11.7 Å². The zero-order valence-corrected chi connectivity index (χ0v) is 18.4. The molecule has 1 heterocycles. The van der Waals surface area contributed by atoms with Gasteiger partial charge in [-0.3, -0.25) is 9.59 Å². The Kier molecular flexibility index (Phi) is 6.91. The topological polar surface area (TPSA) is 75.7 Å². The number of esters is 1. The standard InChI is InChI=1S/C24H26F2N2O4/c1-13(2)21(27-22(29)20-17(25)9-7-10-18(20)26)24(31)32-15(4)23(30)28-14(3)12-16-8-5-6-11-19(16)28/h5-11,13-15,21H,12H2,1-4H3,(H,27,29)/t14-,15-,21-/m0/s1. The van der Waals surface area contributed by atoms with Crippen LogP contribution in [0.5, 0.6) is 0 Å². The van der Waals surface area contributed by atoms with E-state index < -0.39 is 47.1 Å². The molecule has 0 spiro atoms. The highest BCUT2D eigenvalue weighted by Crippen LogP contribution is 2.32. The molecule has 3 rings (SSSR count). The van der Waals surface area contributed by atoms with Gasteiger partial charge in [0.2, 0.25) is 0 Å². The first-order chi connectivity index (χ1) is 15.1. The number of hydrogen-bond acceptors (Lipinski definition) is 4. The Morgan fingerprint density at radius 2 is 1.66 bits per heavy atom. The normalized spacial score (nSPS) is 17.0.